The number of benzene rings is 1. The molecule has 1 aromatic carbocycles. The van der Waals surface area contributed by atoms with Crippen LogP contribution in [0, 0.1) is 5.92 Å². The maximum atomic E-state index is 12.7. The molecule has 142 valence electrons. The van der Waals surface area contributed by atoms with Gasteiger partial charge >= 0.3 is 0 Å². The Morgan fingerprint density at radius 3 is 2.58 bits per heavy atom. The molecule has 3 rings (SSSR count). The van der Waals surface area contributed by atoms with Gasteiger partial charge in [-0.2, -0.15) is 4.31 Å². The highest BCUT2D eigenvalue weighted by Crippen LogP contribution is 2.29. The molecular weight excluding hydrogens is 392 g/mol. The fourth-order valence-corrected chi connectivity index (χ4v) is 7.01. The monoisotopic (exact) mass is 414 g/mol. The van der Waals surface area contributed by atoms with Gasteiger partial charge in [-0.1, -0.05) is 26.0 Å². The van der Waals surface area contributed by atoms with E-state index in [1.807, 2.05) is 19.9 Å². The van der Waals surface area contributed by atoms with E-state index in [1.54, 1.807) is 29.6 Å². The van der Waals surface area contributed by atoms with Crippen LogP contribution in [-0.4, -0.2) is 33.4 Å². The summed E-state index contributed by atoms with van der Waals surface area (Å²) in [6.45, 7) is 4.36. The maximum absolute atomic E-state index is 12.7. The van der Waals surface area contributed by atoms with Gasteiger partial charge in [-0.15, -0.1) is 11.3 Å². The van der Waals surface area contributed by atoms with E-state index in [4.69, 9.17) is 0 Å². The second-order valence-electron chi connectivity index (χ2n) is 6.78. The maximum Gasteiger partial charge on any atom is 0.252 e. The van der Waals surface area contributed by atoms with E-state index in [0.717, 1.165) is 11.1 Å². The summed E-state index contributed by atoms with van der Waals surface area (Å²) in [5.74, 6) is 0.0692. The summed E-state index contributed by atoms with van der Waals surface area (Å²) in [5.41, 5.74) is 2.36. The molecule has 26 heavy (non-hydrogen) atoms. The van der Waals surface area contributed by atoms with Crippen LogP contribution in [0.25, 0.3) is 0 Å². The highest BCUT2D eigenvalue weighted by molar-refractivity contribution is 7.92. The summed E-state index contributed by atoms with van der Waals surface area (Å²) in [5, 5.41) is 1.74. The van der Waals surface area contributed by atoms with Gasteiger partial charge in [0.2, 0.25) is 10.0 Å². The summed E-state index contributed by atoms with van der Waals surface area (Å²) >= 11 is 1.20. The Hall–Kier alpha value is -1.42. The minimum Gasteiger partial charge on any atom is -0.284 e. The molecule has 9 heteroatoms. The minimum absolute atomic E-state index is 0.0246. The van der Waals surface area contributed by atoms with Crippen molar-refractivity contribution in [3.8, 4) is 0 Å². The van der Waals surface area contributed by atoms with Gasteiger partial charge in [0.15, 0.2) is 0 Å². The Bertz CT molecular complexity index is 981. The first kappa shape index (κ1) is 19.3. The van der Waals surface area contributed by atoms with Crippen molar-refractivity contribution in [1.82, 2.24) is 4.31 Å². The lowest BCUT2D eigenvalue weighted by atomic mass is 10.0. The molecule has 0 amide bonds. The lowest BCUT2D eigenvalue weighted by Crippen LogP contribution is -2.35. The molecule has 0 aliphatic carbocycles. The Kier molecular flexibility index (Phi) is 5.43. The zero-order chi connectivity index (χ0) is 18.9. The normalized spacial score (nSPS) is 15.8. The van der Waals surface area contributed by atoms with E-state index >= 15 is 0 Å². The first-order valence-electron chi connectivity index (χ1n) is 8.33. The second-order valence-corrected chi connectivity index (χ2v) is 11.7. The van der Waals surface area contributed by atoms with E-state index in [0.29, 0.717) is 22.9 Å². The van der Waals surface area contributed by atoms with E-state index in [9.17, 15) is 16.8 Å². The topological polar surface area (TPSA) is 83.6 Å². The predicted octanol–water partition coefficient (Wildman–Crippen LogP) is 2.89. The van der Waals surface area contributed by atoms with E-state index in [1.165, 1.54) is 15.6 Å². The molecule has 0 atom stereocenters. The van der Waals surface area contributed by atoms with Crippen molar-refractivity contribution in [2.75, 3.05) is 17.0 Å². The number of thiophene rings is 1. The number of nitrogens with zero attached hydrogens (tertiary/aromatic N) is 1. The minimum atomic E-state index is -3.51. The fourth-order valence-electron chi connectivity index (χ4n) is 3.00. The molecule has 0 unspecified atom stereocenters. The van der Waals surface area contributed by atoms with Gasteiger partial charge in [0.1, 0.15) is 4.21 Å². The van der Waals surface area contributed by atoms with E-state index in [-0.39, 0.29) is 18.2 Å². The molecule has 0 saturated carbocycles. The fraction of sp³-hybridized carbons (Fsp3) is 0.412. The molecule has 1 aliphatic heterocycles. The van der Waals surface area contributed by atoms with Crippen LogP contribution in [-0.2, 0) is 33.0 Å². The molecule has 1 aromatic heterocycles. The number of hydrogen-bond donors (Lipinski definition) is 1. The third-order valence-corrected chi connectivity index (χ3v) is 8.97. The number of rotatable bonds is 6. The Labute approximate surface area is 159 Å². The van der Waals surface area contributed by atoms with Crippen molar-refractivity contribution >= 4 is 37.1 Å². The number of anilines is 1. The van der Waals surface area contributed by atoms with Gasteiger partial charge in [0.25, 0.3) is 10.0 Å². The van der Waals surface area contributed by atoms with Crippen LogP contribution in [0.1, 0.15) is 25.0 Å². The van der Waals surface area contributed by atoms with Crippen LogP contribution < -0.4 is 4.72 Å². The molecule has 2 aromatic rings. The predicted molar refractivity (Wildman–Crippen MR) is 104 cm³/mol. The molecule has 2 heterocycles. The first-order valence-corrected chi connectivity index (χ1v) is 12.3. The molecule has 6 nitrogen and oxygen atoms in total. The number of fused-ring (bicyclic) bond motifs is 1. The summed E-state index contributed by atoms with van der Waals surface area (Å²) in [6, 6.07) is 8.67. The third-order valence-electron chi connectivity index (χ3n) is 4.10. The van der Waals surface area contributed by atoms with Crippen molar-refractivity contribution in [2.45, 2.75) is 31.0 Å². The lowest BCUT2D eigenvalue weighted by molar-refractivity contribution is 0.392. The molecule has 0 bridgehead atoms. The van der Waals surface area contributed by atoms with Gasteiger partial charge in [0, 0.05) is 18.8 Å². The van der Waals surface area contributed by atoms with Gasteiger partial charge in [-0.3, -0.25) is 4.72 Å². The third kappa shape index (κ3) is 4.28. The van der Waals surface area contributed by atoms with Crippen LogP contribution in [0.3, 0.4) is 0 Å². The SMILES string of the molecule is CC(C)CS(=O)(=O)Nc1ccc2c(c1)CN(S(=O)(=O)c1cccs1)CC2. The summed E-state index contributed by atoms with van der Waals surface area (Å²) in [7, 11) is -6.93. The molecule has 0 saturated heterocycles. The van der Waals surface area contributed by atoms with Crippen LogP contribution in [0.15, 0.2) is 39.9 Å². The van der Waals surface area contributed by atoms with E-state index < -0.39 is 20.0 Å². The van der Waals surface area contributed by atoms with E-state index in [2.05, 4.69) is 4.72 Å². The Morgan fingerprint density at radius 1 is 1.15 bits per heavy atom. The molecule has 0 spiro atoms. The van der Waals surface area contributed by atoms with Crippen molar-refractivity contribution in [2.24, 2.45) is 5.92 Å². The smallest absolute Gasteiger partial charge is 0.252 e. The van der Waals surface area contributed by atoms with Crippen LogP contribution in [0.4, 0.5) is 5.69 Å². The highest BCUT2D eigenvalue weighted by atomic mass is 32.2. The average Bonchev–Trinajstić information content (AvgIpc) is 3.07. The second kappa shape index (κ2) is 7.30. The van der Waals surface area contributed by atoms with Crippen molar-refractivity contribution in [3.05, 3.63) is 46.8 Å². The molecule has 1 N–H and O–H groups in total. The molecular formula is C17H22N2O4S3. The zero-order valence-electron chi connectivity index (χ0n) is 14.7. The molecule has 0 radical (unpaired) electrons. The van der Waals surface area contributed by atoms with Gasteiger partial charge in [0.05, 0.1) is 5.75 Å². The van der Waals surface area contributed by atoms with Gasteiger partial charge < -0.3 is 0 Å². The largest absolute Gasteiger partial charge is 0.284 e. The zero-order valence-corrected chi connectivity index (χ0v) is 17.1. The highest BCUT2D eigenvalue weighted by Gasteiger charge is 2.29. The number of hydrogen-bond acceptors (Lipinski definition) is 5. The van der Waals surface area contributed by atoms with Crippen molar-refractivity contribution in [3.63, 3.8) is 0 Å². The first-order chi connectivity index (χ1) is 12.2. The standard InChI is InChI=1S/C17H22N2O4S3/c1-13(2)12-25(20,21)18-16-6-5-14-7-8-19(11-15(14)10-16)26(22,23)17-4-3-9-24-17/h3-6,9-10,13,18H,7-8,11-12H2,1-2H3. The van der Waals surface area contributed by atoms with Crippen LogP contribution in [0.5, 0.6) is 0 Å². The summed E-state index contributed by atoms with van der Waals surface area (Å²) in [6.07, 6.45) is 0.610. The van der Waals surface area contributed by atoms with Gasteiger partial charge in [-0.25, -0.2) is 16.8 Å². The summed E-state index contributed by atoms with van der Waals surface area (Å²) < 4.78 is 54.1. The van der Waals surface area contributed by atoms with Crippen molar-refractivity contribution < 1.29 is 16.8 Å². The van der Waals surface area contributed by atoms with Gasteiger partial charge in [-0.05, 0) is 47.0 Å². The number of nitrogens with one attached hydrogen (secondary N) is 1. The quantitative estimate of drug-likeness (QED) is 0.788. The Balaban J connectivity index is 1.82. The lowest BCUT2D eigenvalue weighted by Gasteiger charge is -2.28. The number of sulfonamides is 2. The van der Waals surface area contributed by atoms with Crippen molar-refractivity contribution in [1.29, 1.82) is 0 Å². The summed E-state index contributed by atoms with van der Waals surface area (Å²) in [4.78, 5) is 0. The molecule has 1 aliphatic rings. The van der Waals surface area contributed by atoms with Crippen LogP contribution in [0.2, 0.25) is 0 Å². The van der Waals surface area contributed by atoms with Crippen LogP contribution >= 0.6 is 11.3 Å². The average molecular weight is 415 g/mol. The Morgan fingerprint density at radius 2 is 1.92 bits per heavy atom. The molecule has 0 fully saturated rings.